The van der Waals surface area contributed by atoms with E-state index in [1.807, 2.05) is 0 Å². The fourth-order valence-corrected chi connectivity index (χ4v) is 2.77. The normalized spacial score (nSPS) is 11.0. The molecule has 0 fully saturated rings. The number of phenols is 2. The van der Waals surface area contributed by atoms with Crippen LogP contribution in [-0.2, 0) is 10.0 Å². The first kappa shape index (κ1) is 14.0. The highest BCUT2D eigenvalue weighted by molar-refractivity contribution is 7.92. The molecule has 6 heteroatoms. The third-order valence-corrected chi connectivity index (χ3v) is 4.06. The molecule has 0 atom stereocenters. The molecule has 104 valence electrons. The van der Waals surface area contributed by atoms with E-state index in [0.29, 0.717) is 5.69 Å². The maximum atomic E-state index is 12.1. The summed E-state index contributed by atoms with van der Waals surface area (Å²) in [5.74, 6) is -0.725. The van der Waals surface area contributed by atoms with Gasteiger partial charge in [-0.25, -0.2) is 8.42 Å². The molecule has 0 heterocycles. The van der Waals surface area contributed by atoms with Gasteiger partial charge in [-0.3, -0.25) is 4.72 Å². The minimum atomic E-state index is -3.92. The number of nitrogens with one attached hydrogen (secondary N) is 1. The van der Waals surface area contributed by atoms with Crippen LogP contribution in [0.4, 0.5) is 5.69 Å². The average Bonchev–Trinajstić information content (AvgIpc) is 2.38. The van der Waals surface area contributed by atoms with E-state index in [-0.39, 0.29) is 10.6 Å². The van der Waals surface area contributed by atoms with Gasteiger partial charge < -0.3 is 10.2 Å². The van der Waals surface area contributed by atoms with Gasteiger partial charge in [-0.1, -0.05) is 24.8 Å². The summed E-state index contributed by atoms with van der Waals surface area (Å²) in [6.45, 7) is 3.61. The van der Waals surface area contributed by atoms with Crippen LogP contribution in [0.3, 0.4) is 0 Å². The summed E-state index contributed by atoms with van der Waals surface area (Å²) in [6, 6.07) is 9.89. The Balaban J connectivity index is 2.32. The van der Waals surface area contributed by atoms with E-state index in [2.05, 4.69) is 11.3 Å². The first-order valence-electron chi connectivity index (χ1n) is 5.70. The number of anilines is 1. The van der Waals surface area contributed by atoms with Crippen molar-refractivity contribution >= 4 is 21.8 Å². The predicted molar refractivity (Wildman–Crippen MR) is 77.1 cm³/mol. The Labute approximate surface area is 116 Å². The predicted octanol–water partition coefficient (Wildman–Crippen LogP) is 2.54. The summed E-state index contributed by atoms with van der Waals surface area (Å²) >= 11 is 0. The zero-order chi connectivity index (χ0) is 14.8. The second-order valence-corrected chi connectivity index (χ2v) is 5.73. The third-order valence-electron chi connectivity index (χ3n) is 2.63. The standard InChI is InChI=1S/C14H13NO4S/c1-2-10-3-5-11(6-4-10)15-20(18,19)14-8-7-12(16)9-13(14)17/h2-9,15-17H,1H2. The van der Waals surface area contributed by atoms with Gasteiger partial charge in [0.2, 0.25) is 0 Å². The molecule has 0 aromatic heterocycles. The van der Waals surface area contributed by atoms with Gasteiger partial charge in [0, 0.05) is 11.8 Å². The van der Waals surface area contributed by atoms with Crippen molar-refractivity contribution in [2.45, 2.75) is 4.90 Å². The Bertz CT molecular complexity index is 736. The van der Waals surface area contributed by atoms with Crippen LogP contribution < -0.4 is 4.72 Å². The number of rotatable bonds is 4. The fraction of sp³-hybridized carbons (Fsp3) is 0. The van der Waals surface area contributed by atoms with Gasteiger partial charge in [-0.15, -0.1) is 0 Å². The van der Waals surface area contributed by atoms with Crippen LogP contribution in [-0.4, -0.2) is 18.6 Å². The molecule has 20 heavy (non-hydrogen) atoms. The number of hydrogen-bond acceptors (Lipinski definition) is 4. The summed E-state index contributed by atoms with van der Waals surface area (Å²) in [5.41, 5.74) is 1.23. The van der Waals surface area contributed by atoms with Crippen molar-refractivity contribution in [2.24, 2.45) is 0 Å². The molecule has 0 aliphatic heterocycles. The lowest BCUT2D eigenvalue weighted by Crippen LogP contribution is -2.13. The van der Waals surface area contributed by atoms with Crippen LogP contribution in [0.25, 0.3) is 6.08 Å². The van der Waals surface area contributed by atoms with Gasteiger partial charge in [-0.2, -0.15) is 0 Å². The van der Waals surface area contributed by atoms with Crippen molar-refractivity contribution in [3.8, 4) is 11.5 Å². The van der Waals surface area contributed by atoms with Crippen LogP contribution in [0.5, 0.6) is 11.5 Å². The van der Waals surface area contributed by atoms with Crippen molar-refractivity contribution in [2.75, 3.05) is 4.72 Å². The van der Waals surface area contributed by atoms with E-state index in [0.717, 1.165) is 17.7 Å². The molecule has 2 aromatic rings. The molecular formula is C14H13NO4S. The van der Waals surface area contributed by atoms with Gasteiger partial charge in [0.15, 0.2) is 0 Å². The van der Waals surface area contributed by atoms with Gasteiger partial charge in [0.25, 0.3) is 10.0 Å². The highest BCUT2D eigenvalue weighted by atomic mass is 32.2. The molecule has 0 aliphatic rings. The Kier molecular flexibility index (Phi) is 3.67. The molecule has 0 radical (unpaired) electrons. The maximum absolute atomic E-state index is 12.1. The van der Waals surface area contributed by atoms with Crippen molar-refractivity contribution in [3.63, 3.8) is 0 Å². The molecule has 0 aliphatic carbocycles. The van der Waals surface area contributed by atoms with Crippen molar-refractivity contribution in [3.05, 3.63) is 54.6 Å². The first-order valence-corrected chi connectivity index (χ1v) is 7.18. The molecule has 2 rings (SSSR count). The smallest absolute Gasteiger partial charge is 0.265 e. The largest absolute Gasteiger partial charge is 0.508 e. The SMILES string of the molecule is C=Cc1ccc(NS(=O)(=O)c2ccc(O)cc2O)cc1. The van der Waals surface area contributed by atoms with Crippen molar-refractivity contribution < 1.29 is 18.6 Å². The van der Waals surface area contributed by atoms with Gasteiger partial charge in [0.05, 0.1) is 0 Å². The molecule has 0 saturated heterocycles. The minimum Gasteiger partial charge on any atom is -0.508 e. The number of aromatic hydroxyl groups is 2. The van der Waals surface area contributed by atoms with Crippen LogP contribution in [0.15, 0.2) is 53.9 Å². The quantitative estimate of drug-likeness (QED) is 0.808. The molecule has 2 aromatic carbocycles. The lowest BCUT2D eigenvalue weighted by atomic mass is 10.2. The van der Waals surface area contributed by atoms with Crippen molar-refractivity contribution in [1.29, 1.82) is 0 Å². The summed E-state index contributed by atoms with van der Waals surface area (Å²) in [4.78, 5) is -0.303. The lowest BCUT2D eigenvalue weighted by molar-refractivity contribution is 0.440. The number of hydrogen-bond donors (Lipinski definition) is 3. The Morgan fingerprint density at radius 2 is 1.70 bits per heavy atom. The minimum absolute atomic E-state index is 0.211. The average molecular weight is 291 g/mol. The van der Waals surface area contributed by atoms with Crippen molar-refractivity contribution in [1.82, 2.24) is 0 Å². The molecule has 0 spiro atoms. The monoisotopic (exact) mass is 291 g/mol. The number of phenolic OH excluding ortho intramolecular Hbond substituents is 2. The topological polar surface area (TPSA) is 86.6 Å². The zero-order valence-electron chi connectivity index (χ0n) is 10.4. The first-order chi connectivity index (χ1) is 9.42. The van der Waals surface area contributed by atoms with E-state index < -0.39 is 15.8 Å². The van der Waals surface area contributed by atoms with Crippen LogP contribution in [0.2, 0.25) is 0 Å². The zero-order valence-corrected chi connectivity index (χ0v) is 11.3. The van der Waals surface area contributed by atoms with E-state index in [4.69, 9.17) is 5.11 Å². The highest BCUT2D eigenvalue weighted by Gasteiger charge is 2.18. The van der Waals surface area contributed by atoms with E-state index in [1.165, 1.54) is 6.07 Å². The van der Waals surface area contributed by atoms with E-state index >= 15 is 0 Å². The van der Waals surface area contributed by atoms with Gasteiger partial charge in [0.1, 0.15) is 16.4 Å². The van der Waals surface area contributed by atoms with Crippen LogP contribution >= 0.6 is 0 Å². The Morgan fingerprint density at radius 3 is 2.25 bits per heavy atom. The number of benzene rings is 2. The summed E-state index contributed by atoms with van der Waals surface area (Å²) in [5, 5.41) is 18.8. The molecule has 3 N–H and O–H groups in total. The fourth-order valence-electron chi connectivity index (χ4n) is 1.63. The molecule has 0 amide bonds. The molecule has 5 nitrogen and oxygen atoms in total. The Morgan fingerprint density at radius 1 is 1.05 bits per heavy atom. The molecule has 0 saturated carbocycles. The summed E-state index contributed by atoms with van der Waals surface area (Å²) in [7, 11) is -3.92. The molecule has 0 unspecified atom stereocenters. The van der Waals surface area contributed by atoms with Crippen LogP contribution in [0.1, 0.15) is 5.56 Å². The number of sulfonamides is 1. The summed E-state index contributed by atoms with van der Waals surface area (Å²) < 4.78 is 26.6. The van der Waals surface area contributed by atoms with E-state index in [1.54, 1.807) is 30.3 Å². The van der Waals surface area contributed by atoms with Gasteiger partial charge >= 0.3 is 0 Å². The van der Waals surface area contributed by atoms with Crippen LogP contribution in [0, 0.1) is 0 Å². The second kappa shape index (κ2) is 5.26. The Hall–Kier alpha value is -2.47. The van der Waals surface area contributed by atoms with E-state index in [9.17, 15) is 13.5 Å². The molecular weight excluding hydrogens is 278 g/mol. The highest BCUT2D eigenvalue weighted by Crippen LogP contribution is 2.28. The lowest BCUT2D eigenvalue weighted by Gasteiger charge is -2.09. The molecule has 0 bridgehead atoms. The van der Waals surface area contributed by atoms with Gasteiger partial charge in [-0.05, 0) is 29.8 Å². The maximum Gasteiger partial charge on any atom is 0.265 e. The second-order valence-electron chi connectivity index (χ2n) is 4.08. The third kappa shape index (κ3) is 2.92. The summed E-state index contributed by atoms with van der Waals surface area (Å²) in [6.07, 6.45) is 1.64.